The number of fused-ring (bicyclic) bond motifs is 1. The third-order valence-corrected chi connectivity index (χ3v) is 4.47. The van der Waals surface area contributed by atoms with Crippen molar-refractivity contribution in [3.63, 3.8) is 0 Å². The average Bonchev–Trinajstić information content (AvgIpc) is 3.05. The van der Waals surface area contributed by atoms with Crippen molar-refractivity contribution in [1.82, 2.24) is 10.3 Å². The van der Waals surface area contributed by atoms with Gasteiger partial charge in [-0.05, 0) is 12.5 Å². The van der Waals surface area contributed by atoms with E-state index in [0.717, 1.165) is 29.7 Å². The van der Waals surface area contributed by atoms with Crippen LogP contribution in [0.3, 0.4) is 0 Å². The summed E-state index contributed by atoms with van der Waals surface area (Å²) in [6, 6.07) is 1.84. The molecule has 1 atom stereocenters. The molecule has 1 unspecified atom stereocenters. The van der Waals surface area contributed by atoms with Gasteiger partial charge in [0.05, 0.1) is 17.0 Å². The molecule has 1 saturated heterocycles. The average molecular weight is 277 g/mol. The molecule has 0 saturated carbocycles. The summed E-state index contributed by atoms with van der Waals surface area (Å²) in [6.07, 6.45) is 4.42. The first kappa shape index (κ1) is 12.4. The minimum absolute atomic E-state index is 0.106. The Bertz CT molecular complexity index is 605. The summed E-state index contributed by atoms with van der Waals surface area (Å²) in [4.78, 5) is 16.8. The monoisotopic (exact) mass is 277 g/mol. The molecule has 0 radical (unpaired) electrons. The van der Waals surface area contributed by atoms with Crippen molar-refractivity contribution >= 4 is 33.0 Å². The number of thiophene rings is 1. The zero-order valence-electron chi connectivity index (χ0n) is 10.4. The maximum atomic E-state index is 12.1. The summed E-state index contributed by atoms with van der Waals surface area (Å²) in [6.45, 7) is 2.16. The minimum Gasteiger partial charge on any atom is -0.397 e. The van der Waals surface area contributed by atoms with E-state index in [4.69, 9.17) is 10.5 Å². The second-order valence-electron chi connectivity index (χ2n) is 4.66. The molecule has 0 aliphatic carbocycles. The number of carbonyl (C=O) groups excluding carboxylic acids is 1. The second-order valence-corrected chi connectivity index (χ2v) is 5.71. The third-order valence-electron chi connectivity index (χ3n) is 3.31. The fraction of sp³-hybridized carbons (Fsp3) is 0.385. The normalized spacial score (nSPS) is 18.8. The van der Waals surface area contributed by atoms with Crippen LogP contribution < -0.4 is 11.1 Å². The Morgan fingerprint density at radius 2 is 2.53 bits per heavy atom. The van der Waals surface area contributed by atoms with Crippen LogP contribution in [-0.4, -0.2) is 30.6 Å². The zero-order chi connectivity index (χ0) is 13.2. The van der Waals surface area contributed by atoms with Gasteiger partial charge in [0.1, 0.15) is 4.88 Å². The first-order chi connectivity index (χ1) is 9.25. The molecule has 0 spiro atoms. The van der Waals surface area contributed by atoms with E-state index in [9.17, 15) is 4.79 Å². The van der Waals surface area contributed by atoms with Gasteiger partial charge >= 0.3 is 0 Å². The van der Waals surface area contributed by atoms with Gasteiger partial charge < -0.3 is 15.8 Å². The number of hydrogen-bond acceptors (Lipinski definition) is 5. The molecule has 0 bridgehead atoms. The van der Waals surface area contributed by atoms with E-state index in [0.29, 0.717) is 23.0 Å². The van der Waals surface area contributed by atoms with Crippen LogP contribution in [0.5, 0.6) is 0 Å². The van der Waals surface area contributed by atoms with Gasteiger partial charge in [-0.15, -0.1) is 11.3 Å². The van der Waals surface area contributed by atoms with Crippen molar-refractivity contribution in [3.05, 3.63) is 23.3 Å². The van der Waals surface area contributed by atoms with Crippen molar-refractivity contribution in [1.29, 1.82) is 0 Å². The van der Waals surface area contributed by atoms with E-state index in [1.807, 2.05) is 6.07 Å². The summed E-state index contributed by atoms with van der Waals surface area (Å²) in [5.41, 5.74) is 6.56. The lowest BCUT2D eigenvalue weighted by atomic mass is 10.1. The van der Waals surface area contributed by atoms with Gasteiger partial charge in [-0.25, -0.2) is 0 Å². The van der Waals surface area contributed by atoms with E-state index in [1.165, 1.54) is 11.3 Å². The predicted octanol–water partition coefficient (Wildman–Crippen LogP) is 1.64. The highest BCUT2D eigenvalue weighted by Gasteiger charge is 2.19. The number of nitrogens with one attached hydrogen (secondary N) is 1. The van der Waals surface area contributed by atoms with Crippen molar-refractivity contribution in [2.75, 3.05) is 25.5 Å². The number of pyridine rings is 1. The highest BCUT2D eigenvalue weighted by molar-refractivity contribution is 7.21. The predicted molar refractivity (Wildman–Crippen MR) is 75.3 cm³/mol. The van der Waals surface area contributed by atoms with Gasteiger partial charge in [-0.2, -0.15) is 0 Å². The minimum atomic E-state index is -0.106. The molecule has 1 fully saturated rings. The van der Waals surface area contributed by atoms with Gasteiger partial charge in [0.2, 0.25) is 0 Å². The highest BCUT2D eigenvalue weighted by Crippen LogP contribution is 2.32. The van der Waals surface area contributed by atoms with Crippen LogP contribution in [-0.2, 0) is 4.74 Å². The Balaban J connectivity index is 1.75. The Morgan fingerprint density at radius 1 is 1.63 bits per heavy atom. The van der Waals surface area contributed by atoms with Crippen LogP contribution in [0, 0.1) is 5.92 Å². The quantitative estimate of drug-likeness (QED) is 0.894. The molecule has 2 aromatic rings. The summed E-state index contributed by atoms with van der Waals surface area (Å²) in [7, 11) is 0. The third kappa shape index (κ3) is 2.41. The number of nitrogen functional groups attached to an aromatic ring is 1. The molecule has 3 N–H and O–H groups in total. The van der Waals surface area contributed by atoms with Crippen LogP contribution in [0.25, 0.3) is 10.1 Å². The summed E-state index contributed by atoms with van der Waals surface area (Å²) >= 11 is 1.38. The van der Waals surface area contributed by atoms with Gasteiger partial charge in [-0.1, -0.05) is 0 Å². The Morgan fingerprint density at radius 3 is 3.26 bits per heavy atom. The van der Waals surface area contributed by atoms with Crippen LogP contribution in [0.15, 0.2) is 18.5 Å². The highest BCUT2D eigenvalue weighted by atomic mass is 32.1. The van der Waals surface area contributed by atoms with Gasteiger partial charge in [0.15, 0.2) is 0 Å². The van der Waals surface area contributed by atoms with Crippen molar-refractivity contribution in [3.8, 4) is 0 Å². The van der Waals surface area contributed by atoms with Gasteiger partial charge in [0, 0.05) is 36.8 Å². The van der Waals surface area contributed by atoms with Crippen LogP contribution in [0.2, 0.25) is 0 Å². The largest absolute Gasteiger partial charge is 0.397 e. The Labute approximate surface area is 114 Å². The van der Waals surface area contributed by atoms with Gasteiger partial charge in [-0.3, -0.25) is 9.78 Å². The number of ether oxygens (including phenoxy) is 1. The molecule has 3 rings (SSSR count). The first-order valence-corrected chi connectivity index (χ1v) is 7.05. The van der Waals surface area contributed by atoms with E-state index < -0.39 is 0 Å². The molecule has 3 heterocycles. The number of aromatic nitrogens is 1. The number of hydrogen-bond donors (Lipinski definition) is 2. The Kier molecular flexibility index (Phi) is 3.35. The second kappa shape index (κ2) is 5.14. The topological polar surface area (TPSA) is 77.2 Å². The summed E-state index contributed by atoms with van der Waals surface area (Å²) in [5, 5.41) is 3.83. The van der Waals surface area contributed by atoms with E-state index >= 15 is 0 Å². The number of carbonyl (C=O) groups is 1. The standard InChI is InChI=1S/C13H15N3O2S/c14-11-9-1-3-15-6-10(9)19-12(11)13(17)16-5-8-2-4-18-7-8/h1,3,6,8H,2,4-5,7,14H2,(H,16,17). The lowest BCUT2D eigenvalue weighted by Crippen LogP contribution is -2.29. The zero-order valence-corrected chi connectivity index (χ0v) is 11.2. The van der Waals surface area contributed by atoms with Crippen LogP contribution in [0.1, 0.15) is 16.1 Å². The molecule has 5 nitrogen and oxygen atoms in total. The lowest BCUT2D eigenvalue weighted by molar-refractivity contribution is 0.0950. The molecular formula is C13H15N3O2S. The molecule has 1 aliphatic rings. The van der Waals surface area contributed by atoms with Crippen molar-refractivity contribution < 1.29 is 9.53 Å². The molecule has 100 valence electrons. The summed E-state index contributed by atoms with van der Waals surface area (Å²) in [5.74, 6) is 0.312. The first-order valence-electron chi connectivity index (χ1n) is 6.23. The van der Waals surface area contributed by atoms with E-state index in [1.54, 1.807) is 12.4 Å². The number of nitrogens with two attached hydrogens (primary N) is 1. The molecule has 1 amide bonds. The molecule has 2 aromatic heterocycles. The van der Waals surface area contributed by atoms with Crippen LogP contribution in [0.4, 0.5) is 5.69 Å². The van der Waals surface area contributed by atoms with Crippen molar-refractivity contribution in [2.45, 2.75) is 6.42 Å². The smallest absolute Gasteiger partial charge is 0.263 e. The molecule has 6 heteroatoms. The fourth-order valence-electron chi connectivity index (χ4n) is 2.20. The molecule has 19 heavy (non-hydrogen) atoms. The number of nitrogens with zero attached hydrogens (tertiary/aromatic N) is 1. The number of anilines is 1. The maximum Gasteiger partial charge on any atom is 0.263 e. The molecular weight excluding hydrogens is 262 g/mol. The van der Waals surface area contributed by atoms with E-state index in [-0.39, 0.29) is 5.91 Å². The fourth-order valence-corrected chi connectivity index (χ4v) is 3.21. The SMILES string of the molecule is Nc1c(C(=O)NCC2CCOC2)sc2cnccc12. The summed E-state index contributed by atoms with van der Waals surface area (Å²) < 4.78 is 6.22. The van der Waals surface area contributed by atoms with E-state index in [2.05, 4.69) is 10.3 Å². The Hall–Kier alpha value is -1.66. The van der Waals surface area contributed by atoms with Gasteiger partial charge in [0.25, 0.3) is 5.91 Å². The lowest BCUT2D eigenvalue weighted by Gasteiger charge is -2.08. The van der Waals surface area contributed by atoms with Crippen LogP contribution >= 0.6 is 11.3 Å². The number of amides is 1. The molecule has 0 aromatic carbocycles. The number of rotatable bonds is 3. The van der Waals surface area contributed by atoms with Crippen molar-refractivity contribution in [2.24, 2.45) is 5.92 Å². The maximum absolute atomic E-state index is 12.1. The molecule has 1 aliphatic heterocycles.